The van der Waals surface area contributed by atoms with Crippen LogP contribution in [0.15, 0.2) is 36.5 Å². The van der Waals surface area contributed by atoms with Gasteiger partial charge in [-0.05, 0) is 73.5 Å². The van der Waals surface area contributed by atoms with Gasteiger partial charge in [-0.2, -0.15) is 0 Å². The fourth-order valence-corrected chi connectivity index (χ4v) is 3.73. The zero-order valence-corrected chi connectivity index (χ0v) is 17.3. The maximum atomic E-state index is 13.5. The van der Waals surface area contributed by atoms with Gasteiger partial charge in [0.1, 0.15) is 11.6 Å². The molecule has 0 spiro atoms. The molecule has 1 fully saturated rings. The van der Waals surface area contributed by atoms with Crippen molar-refractivity contribution in [1.29, 1.82) is 0 Å². The van der Waals surface area contributed by atoms with E-state index in [4.69, 9.17) is 0 Å². The van der Waals surface area contributed by atoms with Crippen molar-refractivity contribution in [3.05, 3.63) is 65.0 Å². The second-order valence-corrected chi connectivity index (χ2v) is 8.31. The molecular weight excluding hydrogens is 372 g/mol. The van der Waals surface area contributed by atoms with Crippen molar-refractivity contribution in [2.75, 3.05) is 6.54 Å². The third-order valence-corrected chi connectivity index (χ3v) is 5.46. The molecule has 156 valence electrons. The maximum absolute atomic E-state index is 13.5. The van der Waals surface area contributed by atoms with Crippen molar-refractivity contribution >= 4 is 5.91 Å². The summed E-state index contributed by atoms with van der Waals surface area (Å²) in [5.41, 5.74) is 2.77. The van der Waals surface area contributed by atoms with E-state index in [2.05, 4.69) is 41.6 Å². The second kappa shape index (κ2) is 8.99. The molecular formula is C23H29F2N3O. The Labute approximate surface area is 171 Å². The van der Waals surface area contributed by atoms with Gasteiger partial charge in [-0.15, -0.1) is 0 Å². The standard InChI is InChI=1S/C23H29F2N3O/c1-15(2)18-4-8-26-22(13-18)23(6-7-23)27-9-5-21(28-16(3)29)12-17-10-19(24)14-20(25)11-17/h4,8,10-11,13-15,21,27H,5-7,9,12H2,1-3H3,(H,28,29). The first kappa shape index (κ1) is 21.4. The lowest BCUT2D eigenvalue weighted by Gasteiger charge is -2.22. The van der Waals surface area contributed by atoms with Crippen molar-refractivity contribution in [1.82, 2.24) is 15.6 Å². The van der Waals surface area contributed by atoms with E-state index < -0.39 is 11.6 Å². The number of amides is 1. The second-order valence-electron chi connectivity index (χ2n) is 8.31. The van der Waals surface area contributed by atoms with Crippen LogP contribution in [0.2, 0.25) is 0 Å². The molecule has 1 aromatic carbocycles. The van der Waals surface area contributed by atoms with Crippen LogP contribution in [0, 0.1) is 11.6 Å². The van der Waals surface area contributed by atoms with Crippen LogP contribution in [0.1, 0.15) is 62.8 Å². The van der Waals surface area contributed by atoms with Crippen LogP contribution in [0.4, 0.5) is 8.78 Å². The van der Waals surface area contributed by atoms with Gasteiger partial charge in [-0.3, -0.25) is 9.78 Å². The lowest BCUT2D eigenvalue weighted by atomic mass is 10.0. The largest absolute Gasteiger partial charge is 0.353 e. The monoisotopic (exact) mass is 401 g/mol. The van der Waals surface area contributed by atoms with E-state index in [0.717, 1.165) is 24.6 Å². The van der Waals surface area contributed by atoms with Gasteiger partial charge in [-0.1, -0.05) is 13.8 Å². The number of halogens is 2. The molecule has 1 amide bonds. The van der Waals surface area contributed by atoms with E-state index in [9.17, 15) is 13.6 Å². The molecule has 1 aliphatic rings. The Morgan fingerprint density at radius 1 is 1.17 bits per heavy atom. The summed E-state index contributed by atoms with van der Waals surface area (Å²) in [6.45, 7) is 6.46. The average molecular weight is 402 g/mol. The number of aromatic nitrogens is 1. The Morgan fingerprint density at radius 3 is 2.45 bits per heavy atom. The molecule has 4 nitrogen and oxygen atoms in total. The van der Waals surface area contributed by atoms with Crippen LogP contribution in [-0.4, -0.2) is 23.5 Å². The summed E-state index contributed by atoms with van der Waals surface area (Å²) in [5, 5.41) is 6.50. The molecule has 0 bridgehead atoms. The summed E-state index contributed by atoms with van der Waals surface area (Å²) in [5.74, 6) is -0.914. The molecule has 1 unspecified atom stereocenters. The number of hydrogen-bond donors (Lipinski definition) is 2. The summed E-state index contributed by atoms with van der Waals surface area (Å²) in [6, 6.07) is 7.50. The van der Waals surface area contributed by atoms with E-state index in [1.807, 2.05) is 6.20 Å². The number of carbonyl (C=O) groups is 1. The first-order valence-electron chi connectivity index (χ1n) is 10.2. The highest BCUT2D eigenvalue weighted by molar-refractivity contribution is 5.73. The van der Waals surface area contributed by atoms with Crippen LogP contribution < -0.4 is 10.6 Å². The highest BCUT2D eigenvalue weighted by Crippen LogP contribution is 2.45. The smallest absolute Gasteiger partial charge is 0.217 e. The van der Waals surface area contributed by atoms with Crippen molar-refractivity contribution in [2.24, 2.45) is 0 Å². The molecule has 1 atom stereocenters. The van der Waals surface area contributed by atoms with E-state index in [1.54, 1.807) is 0 Å². The van der Waals surface area contributed by atoms with Gasteiger partial charge < -0.3 is 10.6 Å². The van der Waals surface area contributed by atoms with Crippen molar-refractivity contribution < 1.29 is 13.6 Å². The zero-order valence-electron chi connectivity index (χ0n) is 17.3. The van der Waals surface area contributed by atoms with Gasteiger partial charge in [-0.25, -0.2) is 8.78 Å². The molecule has 29 heavy (non-hydrogen) atoms. The molecule has 3 rings (SSSR count). The molecule has 2 N–H and O–H groups in total. The Hall–Kier alpha value is -2.34. The predicted molar refractivity (Wildman–Crippen MR) is 110 cm³/mol. The molecule has 1 heterocycles. The molecule has 0 radical (unpaired) electrons. The Morgan fingerprint density at radius 2 is 1.86 bits per heavy atom. The number of nitrogens with zero attached hydrogens (tertiary/aromatic N) is 1. The fourth-order valence-electron chi connectivity index (χ4n) is 3.73. The third kappa shape index (κ3) is 5.82. The number of hydrogen-bond acceptors (Lipinski definition) is 3. The van der Waals surface area contributed by atoms with Crippen LogP contribution in [0.3, 0.4) is 0 Å². The number of benzene rings is 1. The number of pyridine rings is 1. The van der Waals surface area contributed by atoms with Gasteiger partial charge in [0.25, 0.3) is 0 Å². The average Bonchev–Trinajstić information content (AvgIpc) is 3.41. The molecule has 0 saturated heterocycles. The molecule has 1 aromatic heterocycles. The molecule has 0 aliphatic heterocycles. The van der Waals surface area contributed by atoms with E-state index in [-0.39, 0.29) is 17.5 Å². The third-order valence-electron chi connectivity index (χ3n) is 5.46. The van der Waals surface area contributed by atoms with Crippen molar-refractivity contribution in [2.45, 2.75) is 64.0 Å². The first-order chi connectivity index (χ1) is 13.8. The quantitative estimate of drug-likeness (QED) is 0.662. The summed E-state index contributed by atoms with van der Waals surface area (Å²) in [4.78, 5) is 16.2. The lowest BCUT2D eigenvalue weighted by Crippen LogP contribution is -2.39. The van der Waals surface area contributed by atoms with Gasteiger partial charge in [0, 0.05) is 25.2 Å². The molecule has 6 heteroatoms. The highest BCUT2D eigenvalue weighted by Gasteiger charge is 2.45. The van der Waals surface area contributed by atoms with Crippen molar-refractivity contribution in [3.63, 3.8) is 0 Å². The summed E-state index contributed by atoms with van der Waals surface area (Å²) < 4.78 is 27.0. The minimum absolute atomic E-state index is 0.101. The van der Waals surface area contributed by atoms with Gasteiger partial charge >= 0.3 is 0 Å². The topological polar surface area (TPSA) is 54.0 Å². The molecule has 1 saturated carbocycles. The highest BCUT2D eigenvalue weighted by atomic mass is 19.1. The summed E-state index contributed by atoms with van der Waals surface area (Å²) >= 11 is 0. The van der Waals surface area contributed by atoms with Crippen LogP contribution in [-0.2, 0) is 16.8 Å². The Balaban J connectivity index is 1.62. The van der Waals surface area contributed by atoms with Crippen LogP contribution in [0.5, 0.6) is 0 Å². The minimum atomic E-state index is -0.604. The Bertz CT molecular complexity index is 845. The summed E-state index contributed by atoms with van der Waals surface area (Å²) in [6.07, 6.45) is 4.96. The number of carbonyl (C=O) groups excluding carboxylic acids is 1. The number of nitrogens with one attached hydrogen (secondary N) is 2. The zero-order chi connectivity index (χ0) is 21.0. The first-order valence-corrected chi connectivity index (χ1v) is 10.2. The van der Waals surface area contributed by atoms with Gasteiger partial charge in [0.05, 0.1) is 11.2 Å². The predicted octanol–water partition coefficient (Wildman–Crippen LogP) is 4.20. The number of rotatable bonds is 9. The van der Waals surface area contributed by atoms with Crippen molar-refractivity contribution in [3.8, 4) is 0 Å². The minimum Gasteiger partial charge on any atom is -0.353 e. The fraction of sp³-hybridized carbons (Fsp3) is 0.478. The maximum Gasteiger partial charge on any atom is 0.217 e. The van der Waals surface area contributed by atoms with E-state index >= 15 is 0 Å². The van der Waals surface area contributed by atoms with Gasteiger partial charge in [0.15, 0.2) is 0 Å². The van der Waals surface area contributed by atoms with Crippen LogP contribution >= 0.6 is 0 Å². The van der Waals surface area contributed by atoms with E-state index in [1.165, 1.54) is 24.6 Å². The van der Waals surface area contributed by atoms with Crippen LogP contribution in [0.25, 0.3) is 0 Å². The van der Waals surface area contributed by atoms with Gasteiger partial charge in [0.2, 0.25) is 5.91 Å². The molecule has 2 aromatic rings. The lowest BCUT2D eigenvalue weighted by molar-refractivity contribution is -0.119. The SMILES string of the molecule is CC(=O)NC(CCNC1(c2cc(C(C)C)ccn2)CC1)Cc1cc(F)cc(F)c1. The normalized spacial score (nSPS) is 15.9. The molecule has 1 aliphatic carbocycles. The van der Waals surface area contributed by atoms with E-state index in [0.29, 0.717) is 30.9 Å². The Kier molecular flexibility index (Phi) is 6.63. The summed E-state index contributed by atoms with van der Waals surface area (Å²) in [7, 11) is 0.